The number of hydrogen-bond acceptors (Lipinski definition) is 7. The number of amides is 1. The van der Waals surface area contributed by atoms with Crippen molar-refractivity contribution in [3.8, 4) is 0 Å². The van der Waals surface area contributed by atoms with E-state index < -0.39 is 35.5 Å². The standard InChI is InChI=1S/C24H34F3N5O4/c1-16-15-35-13-12-29(16)19-14-20(33)32-11-8-18(24(25,26)27)31(21(32)28-19)10-7-17-6-5-9-30(17)22(34)36-23(2,3)4/h7,10,14,16-18H,5-6,8-9,11-13,15H2,1-4H3/t16-,17?,18+/m1/s1. The summed E-state index contributed by atoms with van der Waals surface area (Å²) in [6, 6.07) is -0.948. The van der Waals surface area contributed by atoms with Crippen LogP contribution in [-0.4, -0.2) is 76.8 Å². The number of carbonyl (C=O) groups excluding carboxylic acids is 1. The van der Waals surface area contributed by atoms with Crippen molar-refractivity contribution < 1.29 is 27.4 Å². The normalized spacial score (nSPS) is 25.4. The largest absolute Gasteiger partial charge is 0.444 e. The Kier molecular flexibility index (Phi) is 7.27. The second-order valence-corrected chi connectivity index (χ2v) is 10.5. The van der Waals surface area contributed by atoms with Gasteiger partial charge in [0.15, 0.2) is 0 Å². The highest BCUT2D eigenvalue weighted by Crippen LogP contribution is 2.35. The lowest BCUT2D eigenvalue weighted by Gasteiger charge is -2.39. The van der Waals surface area contributed by atoms with E-state index in [0.29, 0.717) is 45.0 Å². The summed E-state index contributed by atoms with van der Waals surface area (Å²) in [5.41, 5.74) is -1.08. The number of rotatable bonds is 3. The molecular formula is C24H34F3N5O4. The van der Waals surface area contributed by atoms with Crippen LogP contribution in [0.2, 0.25) is 0 Å². The molecule has 36 heavy (non-hydrogen) atoms. The third kappa shape index (κ3) is 5.63. The maximum absolute atomic E-state index is 14.1. The summed E-state index contributed by atoms with van der Waals surface area (Å²) in [4.78, 5) is 34.6. The van der Waals surface area contributed by atoms with Crippen LogP contribution in [-0.2, 0) is 16.0 Å². The zero-order chi connectivity index (χ0) is 26.3. The summed E-state index contributed by atoms with van der Waals surface area (Å²) in [5.74, 6) is 0.280. The Morgan fingerprint density at radius 3 is 2.61 bits per heavy atom. The minimum Gasteiger partial charge on any atom is -0.444 e. The zero-order valence-electron chi connectivity index (χ0n) is 21.1. The van der Waals surface area contributed by atoms with E-state index >= 15 is 0 Å². The van der Waals surface area contributed by atoms with Gasteiger partial charge in [-0.1, -0.05) is 0 Å². The molecule has 1 unspecified atom stereocenters. The number of fused-ring (bicyclic) bond motifs is 1. The smallest absolute Gasteiger partial charge is 0.410 e. The molecule has 2 saturated heterocycles. The second-order valence-electron chi connectivity index (χ2n) is 10.5. The van der Waals surface area contributed by atoms with E-state index in [4.69, 9.17) is 9.47 Å². The SMILES string of the molecule is C[C@@H]1COCCN1c1cc(=O)n2c(n1)N(C=CC1CCCN1C(=O)OC(C)(C)C)[C@H](C(F)(F)F)CC2. The molecule has 2 fully saturated rings. The van der Waals surface area contributed by atoms with Gasteiger partial charge in [0.25, 0.3) is 5.56 Å². The fourth-order valence-corrected chi connectivity index (χ4v) is 4.86. The highest BCUT2D eigenvalue weighted by molar-refractivity contribution is 5.69. The molecule has 1 aromatic heterocycles. The first kappa shape index (κ1) is 26.3. The molecule has 4 heterocycles. The van der Waals surface area contributed by atoms with Gasteiger partial charge in [-0.2, -0.15) is 18.2 Å². The van der Waals surface area contributed by atoms with Crippen LogP contribution in [0.3, 0.4) is 0 Å². The van der Waals surface area contributed by atoms with Crippen molar-refractivity contribution in [1.82, 2.24) is 14.5 Å². The van der Waals surface area contributed by atoms with Crippen molar-refractivity contribution >= 4 is 17.9 Å². The first-order valence-electron chi connectivity index (χ1n) is 12.3. The van der Waals surface area contributed by atoms with Crippen molar-refractivity contribution in [2.24, 2.45) is 0 Å². The molecular weight excluding hydrogens is 479 g/mol. The van der Waals surface area contributed by atoms with Gasteiger partial charge >= 0.3 is 12.3 Å². The minimum atomic E-state index is -4.53. The average molecular weight is 514 g/mol. The van der Waals surface area contributed by atoms with E-state index in [2.05, 4.69) is 4.98 Å². The van der Waals surface area contributed by atoms with Crippen LogP contribution in [0.5, 0.6) is 0 Å². The predicted octanol–water partition coefficient (Wildman–Crippen LogP) is 3.52. The van der Waals surface area contributed by atoms with Crippen molar-refractivity contribution in [3.63, 3.8) is 0 Å². The van der Waals surface area contributed by atoms with E-state index in [-0.39, 0.29) is 25.0 Å². The Bertz CT molecular complexity index is 1050. The Balaban J connectivity index is 1.68. The number of nitrogens with zero attached hydrogens (tertiary/aromatic N) is 5. The van der Waals surface area contributed by atoms with E-state index in [1.54, 1.807) is 26.8 Å². The summed E-state index contributed by atoms with van der Waals surface area (Å²) in [6.07, 6.45) is -1.08. The predicted molar refractivity (Wildman–Crippen MR) is 128 cm³/mol. The first-order valence-corrected chi connectivity index (χ1v) is 12.3. The molecule has 0 N–H and O–H groups in total. The van der Waals surface area contributed by atoms with Gasteiger partial charge in [-0.3, -0.25) is 9.36 Å². The monoisotopic (exact) mass is 513 g/mol. The van der Waals surface area contributed by atoms with Crippen LogP contribution in [0.1, 0.15) is 47.0 Å². The lowest BCUT2D eigenvalue weighted by atomic mass is 10.1. The third-order valence-corrected chi connectivity index (χ3v) is 6.60. The van der Waals surface area contributed by atoms with Gasteiger partial charge in [-0.25, -0.2) is 4.79 Å². The highest BCUT2D eigenvalue weighted by atomic mass is 19.4. The van der Waals surface area contributed by atoms with Crippen LogP contribution in [0, 0.1) is 0 Å². The van der Waals surface area contributed by atoms with Gasteiger partial charge in [0.1, 0.15) is 17.5 Å². The minimum absolute atomic E-state index is 0.0529. The van der Waals surface area contributed by atoms with Crippen molar-refractivity contribution in [1.29, 1.82) is 0 Å². The summed E-state index contributed by atoms with van der Waals surface area (Å²) in [6.45, 7) is 8.96. The van der Waals surface area contributed by atoms with Crippen LogP contribution < -0.4 is 15.4 Å². The Hall–Kier alpha value is -2.76. The van der Waals surface area contributed by atoms with Gasteiger partial charge in [-0.05, 0) is 53.0 Å². The molecule has 4 rings (SSSR count). The van der Waals surface area contributed by atoms with Crippen molar-refractivity contribution in [3.05, 3.63) is 28.7 Å². The quantitative estimate of drug-likeness (QED) is 0.612. The maximum Gasteiger partial charge on any atom is 0.410 e. The van der Waals surface area contributed by atoms with Crippen LogP contribution in [0.15, 0.2) is 23.1 Å². The second kappa shape index (κ2) is 9.95. The van der Waals surface area contributed by atoms with Gasteiger partial charge in [0.2, 0.25) is 5.95 Å². The van der Waals surface area contributed by atoms with Crippen LogP contribution >= 0.6 is 0 Å². The Morgan fingerprint density at radius 2 is 1.94 bits per heavy atom. The zero-order valence-corrected chi connectivity index (χ0v) is 21.1. The van der Waals surface area contributed by atoms with Gasteiger partial charge in [0, 0.05) is 31.9 Å². The van der Waals surface area contributed by atoms with Gasteiger partial charge < -0.3 is 24.2 Å². The molecule has 9 nitrogen and oxygen atoms in total. The van der Waals surface area contributed by atoms with E-state index in [9.17, 15) is 22.8 Å². The third-order valence-electron chi connectivity index (χ3n) is 6.60. The molecule has 3 aliphatic heterocycles. The average Bonchev–Trinajstić information content (AvgIpc) is 3.24. The van der Waals surface area contributed by atoms with Crippen LogP contribution in [0.25, 0.3) is 0 Å². The number of hydrogen-bond donors (Lipinski definition) is 0. The number of alkyl halides is 3. The summed E-state index contributed by atoms with van der Waals surface area (Å²) in [7, 11) is 0. The van der Waals surface area contributed by atoms with Gasteiger partial charge in [-0.15, -0.1) is 0 Å². The number of halogens is 3. The maximum atomic E-state index is 14.1. The fraction of sp³-hybridized carbons (Fsp3) is 0.708. The van der Waals surface area contributed by atoms with Crippen LogP contribution in [0.4, 0.5) is 29.7 Å². The number of morpholine rings is 1. The summed E-state index contributed by atoms with van der Waals surface area (Å²) in [5, 5.41) is 0. The summed E-state index contributed by atoms with van der Waals surface area (Å²) < 4.78 is 54.5. The van der Waals surface area contributed by atoms with E-state index in [0.717, 1.165) is 4.90 Å². The van der Waals surface area contributed by atoms with E-state index in [1.807, 2.05) is 11.8 Å². The molecule has 200 valence electrons. The topological polar surface area (TPSA) is 80.1 Å². The number of aromatic nitrogens is 2. The van der Waals surface area contributed by atoms with Crippen molar-refractivity contribution in [2.75, 3.05) is 36.1 Å². The first-order chi connectivity index (χ1) is 16.8. The van der Waals surface area contributed by atoms with Crippen molar-refractivity contribution in [2.45, 2.75) is 83.4 Å². The Morgan fingerprint density at radius 1 is 1.19 bits per heavy atom. The number of anilines is 2. The molecule has 3 atom stereocenters. The highest BCUT2D eigenvalue weighted by Gasteiger charge is 2.46. The van der Waals surface area contributed by atoms with E-state index in [1.165, 1.54) is 21.7 Å². The molecule has 0 bridgehead atoms. The molecule has 0 spiro atoms. The van der Waals surface area contributed by atoms with Gasteiger partial charge in [0.05, 0.1) is 25.3 Å². The molecule has 0 aromatic carbocycles. The lowest BCUT2D eigenvalue weighted by molar-refractivity contribution is -0.150. The fourth-order valence-electron chi connectivity index (χ4n) is 4.86. The number of carbonyl (C=O) groups is 1. The molecule has 3 aliphatic rings. The Labute approximate surface area is 208 Å². The lowest BCUT2D eigenvalue weighted by Crippen LogP contribution is -2.51. The summed E-state index contributed by atoms with van der Waals surface area (Å²) >= 11 is 0. The molecule has 0 saturated carbocycles. The molecule has 12 heteroatoms. The molecule has 0 radical (unpaired) electrons. The number of ether oxygens (including phenoxy) is 2. The molecule has 1 amide bonds. The molecule has 1 aromatic rings. The number of likely N-dealkylation sites (tertiary alicyclic amines) is 1. The molecule has 0 aliphatic carbocycles.